The van der Waals surface area contributed by atoms with Crippen molar-refractivity contribution < 1.29 is 19.1 Å². The summed E-state index contributed by atoms with van der Waals surface area (Å²) in [6, 6.07) is 23.3. The van der Waals surface area contributed by atoms with Crippen LogP contribution in [0.25, 0.3) is 17.0 Å². The lowest BCUT2D eigenvalue weighted by Crippen LogP contribution is -2.37. The molecule has 0 bridgehead atoms. The molecular formula is C38H36Cl2N6O4. The zero-order valence-electron chi connectivity index (χ0n) is 28.0. The summed E-state index contributed by atoms with van der Waals surface area (Å²) in [5, 5.41) is 7.01. The Morgan fingerprint density at radius 3 is 2.40 bits per heavy atom. The fourth-order valence-corrected chi connectivity index (χ4v) is 5.72. The minimum atomic E-state index is -0.461. The van der Waals surface area contributed by atoms with Gasteiger partial charge in [-0.3, -0.25) is 19.4 Å². The first-order valence-electron chi connectivity index (χ1n) is 15.7. The minimum absolute atomic E-state index is 0.0396. The zero-order chi connectivity index (χ0) is 35.8. The number of halogens is 2. The highest BCUT2D eigenvalue weighted by Gasteiger charge is 2.20. The molecule has 0 unspecified atom stereocenters. The summed E-state index contributed by atoms with van der Waals surface area (Å²) in [7, 11) is 5.52. The van der Waals surface area contributed by atoms with Crippen LogP contribution in [0.5, 0.6) is 5.75 Å². The number of nitrogens with zero attached hydrogens (tertiary/aromatic N) is 4. The van der Waals surface area contributed by atoms with Crippen molar-refractivity contribution in [2.24, 2.45) is 0 Å². The van der Waals surface area contributed by atoms with Crippen LogP contribution in [0.15, 0.2) is 91.1 Å². The molecule has 0 aliphatic rings. The van der Waals surface area contributed by atoms with Gasteiger partial charge in [0.25, 0.3) is 5.91 Å². The predicted molar refractivity (Wildman–Crippen MR) is 199 cm³/mol. The van der Waals surface area contributed by atoms with E-state index in [4.69, 9.17) is 32.9 Å². The third-order valence-electron chi connectivity index (χ3n) is 7.83. The standard InChI is InChI=1S/C38H36Cl2N6O4/c1-24-20-32(45(2)3)28-9-7-10-33(37(28)44-24)50-23-29-30(39)16-17-31(36(29)40)46(4)35(48)22-42-34(47)18-13-25-11-14-26(15-12-25)38(49)43-21-27-8-5-6-19-41-27/h5-20H,21-23H2,1-4H3,(H,42,47)(H,43,49). The van der Waals surface area contributed by atoms with Crippen molar-refractivity contribution in [3.8, 4) is 5.75 Å². The van der Waals surface area contributed by atoms with Gasteiger partial charge in [0.05, 0.1) is 29.5 Å². The van der Waals surface area contributed by atoms with E-state index in [1.807, 2.05) is 68.4 Å². The molecule has 256 valence electrons. The number of fused-ring (bicyclic) bond motifs is 1. The van der Waals surface area contributed by atoms with Gasteiger partial charge in [0.15, 0.2) is 0 Å². The van der Waals surface area contributed by atoms with Crippen LogP contribution in [0.2, 0.25) is 10.0 Å². The molecule has 5 rings (SSSR count). The number of anilines is 2. The molecule has 0 aliphatic heterocycles. The van der Waals surface area contributed by atoms with E-state index in [0.29, 0.717) is 45.2 Å². The minimum Gasteiger partial charge on any atom is -0.487 e. The SMILES string of the molecule is Cc1cc(N(C)C)c2cccc(OCc3c(Cl)ccc(N(C)C(=O)CNC(=O)C=Cc4ccc(C(=O)NCc5ccccn5)cc4)c3Cl)c2n1. The number of nitrogens with one attached hydrogen (secondary N) is 2. The average Bonchev–Trinajstić information content (AvgIpc) is 3.12. The third kappa shape index (κ3) is 8.76. The van der Waals surface area contributed by atoms with Gasteiger partial charge in [0, 0.05) is 66.3 Å². The summed E-state index contributed by atoms with van der Waals surface area (Å²) in [5.41, 5.74) is 5.45. The van der Waals surface area contributed by atoms with Crippen molar-refractivity contribution >= 4 is 69.3 Å². The summed E-state index contributed by atoms with van der Waals surface area (Å²) in [5.74, 6) is -0.515. The molecule has 5 aromatic rings. The van der Waals surface area contributed by atoms with Crippen LogP contribution in [0.1, 0.15) is 32.9 Å². The largest absolute Gasteiger partial charge is 0.487 e. The van der Waals surface area contributed by atoms with Gasteiger partial charge in [-0.1, -0.05) is 53.5 Å². The maximum absolute atomic E-state index is 13.1. The molecule has 10 nitrogen and oxygen atoms in total. The second-order valence-electron chi connectivity index (χ2n) is 11.6. The Morgan fingerprint density at radius 2 is 1.68 bits per heavy atom. The number of hydrogen-bond acceptors (Lipinski definition) is 7. The number of rotatable bonds is 12. The Hall–Kier alpha value is -5.45. The normalized spacial score (nSPS) is 11.0. The van der Waals surface area contributed by atoms with Crippen molar-refractivity contribution in [3.63, 3.8) is 0 Å². The number of amides is 3. The number of pyridine rings is 2. The zero-order valence-corrected chi connectivity index (χ0v) is 29.5. The third-order valence-corrected chi connectivity index (χ3v) is 8.61. The van der Waals surface area contributed by atoms with Crippen molar-refractivity contribution in [2.45, 2.75) is 20.1 Å². The molecule has 0 atom stereocenters. The van der Waals surface area contributed by atoms with Crippen molar-refractivity contribution in [3.05, 3.63) is 129 Å². The van der Waals surface area contributed by atoms with Crippen molar-refractivity contribution in [1.82, 2.24) is 20.6 Å². The average molecular weight is 712 g/mol. The van der Waals surface area contributed by atoms with E-state index in [0.717, 1.165) is 22.5 Å². The van der Waals surface area contributed by atoms with Gasteiger partial charge >= 0.3 is 0 Å². The Morgan fingerprint density at radius 1 is 0.900 bits per heavy atom. The van der Waals surface area contributed by atoms with Crippen molar-refractivity contribution in [1.29, 1.82) is 0 Å². The van der Waals surface area contributed by atoms with Crippen LogP contribution in [0.4, 0.5) is 11.4 Å². The van der Waals surface area contributed by atoms with Gasteiger partial charge in [-0.25, -0.2) is 4.98 Å². The van der Waals surface area contributed by atoms with Gasteiger partial charge in [-0.2, -0.15) is 0 Å². The van der Waals surface area contributed by atoms with Gasteiger partial charge < -0.3 is 25.2 Å². The molecule has 3 amide bonds. The number of benzene rings is 3. The highest BCUT2D eigenvalue weighted by atomic mass is 35.5. The number of likely N-dealkylation sites (N-methyl/N-ethyl adjacent to an activating group) is 1. The number of carbonyl (C=O) groups is 3. The highest BCUT2D eigenvalue weighted by molar-refractivity contribution is 6.38. The van der Waals surface area contributed by atoms with Crippen LogP contribution >= 0.6 is 23.2 Å². The highest BCUT2D eigenvalue weighted by Crippen LogP contribution is 2.36. The first kappa shape index (κ1) is 35.8. The molecule has 0 saturated carbocycles. The quantitative estimate of drug-likeness (QED) is 0.140. The maximum atomic E-state index is 13.1. The first-order valence-corrected chi connectivity index (χ1v) is 16.5. The van der Waals surface area contributed by atoms with E-state index >= 15 is 0 Å². The molecule has 2 aromatic heterocycles. The summed E-state index contributed by atoms with van der Waals surface area (Å²) < 4.78 is 6.20. The summed E-state index contributed by atoms with van der Waals surface area (Å²) in [4.78, 5) is 50.3. The molecule has 0 spiro atoms. The molecule has 12 heteroatoms. The molecule has 3 aromatic carbocycles. The molecule has 0 radical (unpaired) electrons. The monoisotopic (exact) mass is 710 g/mol. The Bertz CT molecular complexity index is 2050. The van der Waals surface area contributed by atoms with E-state index in [2.05, 4.69) is 15.6 Å². The Labute approximate surface area is 300 Å². The summed E-state index contributed by atoms with van der Waals surface area (Å²) in [6.07, 6.45) is 4.58. The Balaban J connectivity index is 1.17. The van der Waals surface area contributed by atoms with Gasteiger partial charge in [-0.05, 0) is 67.1 Å². The molecule has 0 fully saturated rings. The van der Waals surface area contributed by atoms with Crippen molar-refractivity contribution in [2.75, 3.05) is 37.5 Å². The number of carbonyl (C=O) groups excluding carboxylic acids is 3. The fraction of sp³-hybridized carbons (Fsp3) is 0.184. The van der Waals surface area contributed by atoms with Crippen LogP contribution in [-0.2, 0) is 22.7 Å². The van der Waals surface area contributed by atoms with E-state index in [1.54, 1.807) is 55.7 Å². The van der Waals surface area contributed by atoms with E-state index in [1.165, 1.54) is 11.0 Å². The van der Waals surface area contributed by atoms with Gasteiger partial charge in [-0.15, -0.1) is 0 Å². The predicted octanol–water partition coefficient (Wildman–Crippen LogP) is 6.61. The fourth-order valence-electron chi connectivity index (χ4n) is 5.11. The van der Waals surface area contributed by atoms with E-state index < -0.39 is 11.8 Å². The van der Waals surface area contributed by atoms with E-state index in [9.17, 15) is 14.4 Å². The number of ether oxygens (including phenoxy) is 1. The second kappa shape index (κ2) is 16.3. The molecule has 0 saturated heterocycles. The van der Waals surface area contributed by atoms with Crippen LogP contribution in [0, 0.1) is 6.92 Å². The van der Waals surface area contributed by atoms with Crippen LogP contribution in [0.3, 0.4) is 0 Å². The lowest BCUT2D eigenvalue weighted by molar-refractivity contribution is -0.122. The molecular weight excluding hydrogens is 675 g/mol. The number of aromatic nitrogens is 2. The topological polar surface area (TPSA) is 117 Å². The summed E-state index contributed by atoms with van der Waals surface area (Å²) in [6.45, 7) is 2.02. The number of hydrogen-bond donors (Lipinski definition) is 2. The Kier molecular flexibility index (Phi) is 11.7. The summed E-state index contributed by atoms with van der Waals surface area (Å²) >= 11 is 13.3. The number of para-hydroxylation sites is 1. The van der Waals surface area contributed by atoms with Gasteiger partial charge in [0.2, 0.25) is 11.8 Å². The molecule has 0 aliphatic carbocycles. The first-order chi connectivity index (χ1) is 24.0. The molecule has 50 heavy (non-hydrogen) atoms. The van der Waals surface area contributed by atoms with Gasteiger partial charge in [0.1, 0.15) is 17.9 Å². The smallest absolute Gasteiger partial charge is 0.251 e. The second-order valence-corrected chi connectivity index (χ2v) is 12.4. The number of aryl methyl sites for hydroxylation is 1. The van der Waals surface area contributed by atoms with E-state index in [-0.39, 0.29) is 24.1 Å². The lowest BCUT2D eigenvalue weighted by Gasteiger charge is -2.21. The maximum Gasteiger partial charge on any atom is 0.251 e. The van der Waals surface area contributed by atoms with Crippen LogP contribution < -0.4 is 25.2 Å². The van der Waals surface area contributed by atoms with Crippen LogP contribution in [-0.4, -0.2) is 55.4 Å². The molecule has 2 N–H and O–H groups in total. The lowest BCUT2D eigenvalue weighted by atomic mass is 10.1. The molecule has 2 heterocycles.